The Labute approximate surface area is 186 Å². The Morgan fingerprint density at radius 3 is 2.48 bits per heavy atom. The van der Waals surface area contributed by atoms with Crippen molar-refractivity contribution in [1.29, 1.82) is 0 Å². The summed E-state index contributed by atoms with van der Waals surface area (Å²) in [5, 5.41) is 44.4. The number of aromatic nitrogens is 4. The molecule has 3 heterocycles. The van der Waals surface area contributed by atoms with Crippen molar-refractivity contribution in [3.8, 4) is 0 Å². The Bertz CT molecular complexity index is 1160. The lowest BCUT2D eigenvalue weighted by molar-refractivity contribution is -0.189. The van der Waals surface area contributed by atoms with Gasteiger partial charge < -0.3 is 35.6 Å². The van der Waals surface area contributed by atoms with E-state index in [1.807, 2.05) is 0 Å². The fourth-order valence-corrected chi connectivity index (χ4v) is 3.70. The van der Waals surface area contributed by atoms with Crippen LogP contribution in [-0.2, 0) is 25.5 Å². The number of nitrogen functional groups attached to an aromatic ring is 1. The van der Waals surface area contributed by atoms with Crippen LogP contribution in [0.25, 0.3) is 5.65 Å². The molecule has 174 valence electrons. The highest BCUT2D eigenvalue weighted by molar-refractivity contribution is 6.02. The Morgan fingerprint density at radius 2 is 1.82 bits per heavy atom. The maximum Gasteiger partial charge on any atom is 0.348 e. The fraction of sp³-hybridized carbons (Fsp3) is 0.350. The number of rotatable bonds is 8. The summed E-state index contributed by atoms with van der Waals surface area (Å²) in [5.74, 6) is -3.33. The van der Waals surface area contributed by atoms with Gasteiger partial charge in [0.15, 0.2) is 11.5 Å². The lowest BCUT2D eigenvalue weighted by Crippen LogP contribution is -2.52. The average molecular weight is 459 g/mol. The second kappa shape index (κ2) is 8.71. The molecule has 0 unspecified atom stereocenters. The third-order valence-electron chi connectivity index (χ3n) is 5.49. The molecule has 1 aliphatic heterocycles. The first-order chi connectivity index (χ1) is 15.7. The van der Waals surface area contributed by atoms with Gasteiger partial charge in [-0.25, -0.2) is 24.1 Å². The van der Waals surface area contributed by atoms with Crippen molar-refractivity contribution in [2.24, 2.45) is 0 Å². The molecule has 1 fully saturated rings. The molecule has 3 aromatic rings. The van der Waals surface area contributed by atoms with Crippen LogP contribution in [-0.4, -0.2) is 82.5 Å². The Morgan fingerprint density at radius 1 is 1.12 bits per heavy atom. The van der Waals surface area contributed by atoms with Crippen LogP contribution < -0.4 is 5.73 Å². The Hall–Kier alpha value is -3.65. The van der Waals surface area contributed by atoms with Gasteiger partial charge in [-0.2, -0.15) is 5.10 Å². The first kappa shape index (κ1) is 22.5. The van der Waals surface area contributed by atoms with Crippen LogP contribution in [0.5, 0.6) is 0 Å². The van der Waals surface area contributed by atoms with E-state index in [-0.39, 0.29) is 17.2 Å². The summed E-state index contributed by atoms with van der Waals surface area (Å²) in [6.45, 7) is -0.617. The largest absolute Gasteiger partial charge is 0.479 e. The predicted molar refractivity (Wildman–Crippen MR) is 109 cm³/mol. The first-order valence-corrected chi connectivity index (χ1v) is 9.85. The summed E-state index contributed by atoms with van der Waals surface area (Å²) < 4.78 is 12.4. The minimum absolute atomic E-state index is 0.0952. The molecule has 33 heavy (non-hydrogen) atoms. The minimum atomic E-state index is -2.63. The number of anilines is 1. The van der Waals surface area contributed by atoms with Crippen LogP contribution in [0.3, 0.4) is 0 Å². The van der Waals surface area contributed by atoms with Gasteiger partial charge in [-0.15, -0.1) is 0 Å². The number of carbonyl (C=O) groups is 2. The van der Waals surface area contributed by atoms with Crippen LogP contribution in [0.4, 0.5) is 5.82 Å². The summed E-state index contributed by atoms with van der Waals surface area (Å²) in [7, 11) is 0. The average Bonchev–Trinajstić information content (AvgIpc) is 3.34. The van der Waals surface area contributed by atoms with E-state index in [9.17, 15) is 30.0 Å². The molecular formula is C20H21N5O8. The quantitative estimate of drug-likeness (QED) is 0.258. The van der Waals surface area contributed by atoms with Crippen molar-refractivity contribution in [3.05, 3.63) is 54.1 Å². The van der Waals surface area contributed by atoms with Crippen molar-refractivity contribution in [1.82, 2.24) is 19.6 Å². The SMILES string of the molecule is Nc1ncnn2c([C@@H]3O[C@H](COC(Cc4ccccc4)(C(=O)O)C(=O)O)[C@@H](O)[C@H]3O)cnc12. The molecule has 4 atom stereocenters. The van der Waals surface area contributed by atoms with Gasteiger partial charge in [0.05, 0.1) is 18.5 Å². The van der Waals surface area contributed by atoms with Crippen LogP contribution in [0.1, 0.15) is 17.4 Å². The van der Waals surface area contributed by atoms with E-state index in [1.165, 1.54) is 17.0 Å². The normalized spacial score (nSPS) is 23.1. The predicted octanol–water partition coefficient (Wildman–Crippen LogP) is -0.964. The number of hydrogen-bond donors (Lipinski definition) is 5. The highest BCUT2D eigenvalue weighted by atomic mass is 16.6. The number of nitrogens with two attached hydrogens (primary N) is 1. The van der Waals surface area contributed by atoms with Crippen molar-refractivity contribution in [2.45, 2.75) is 36.4 Å². The van der Waals surface area contributed by atoms with Gasteiger partial charge in [-0.3, -0.25) is 0 Å². The number of fused-ring (bicyclic) bond motifs is 1. The summed E-state index contributed by atoms with van der Waals surface area (Å²) in [6.07, 6.45) is -3.23. The number of ether oxygens (including phenoxy) is 2. The summed E-state index contributed by atoms with van der Waals surface area (Å²) >= 11 is 0. The second-order valence-corrected chi connectivity index (χ2v) is 7.55. The molecule has 2 aromatic heterocycles. The summed E-state index contributed by atoms with van der Waals surface area (Å²) in [6, 6.07) is 8.13. The molecule has 13 heteroatoms. The number of hydrogen-bond acceptors (Lipinski definition) is 10. The number of aliphatic hydroxyl groups is 2. The zero-order chi connectivity index (χ0) is 23.8. The molecule has 1 saturated heterocycles. The van der Waals surface area contributed by atoms with Crippen LogP contribution in [0.15, 0.2) is 42.9 Å². The van der Waals surface area contributed by atoms with Crippen molar-refractivity contribution in [2.75, 3.05) is 12.3 Å². The third-order valence-corrected chi connectivity index (χ3v) is 5.49. The van der Waals surface area contributed by atoms with Gasteiger partial charge in [0.2, 0.25) is 0 Å². The van der Waals surface area contributed by atoms with Crippen LogP contribution >= 0.6 is 0 Å². The lowest BCUT2D eigenvalue weighted by Gasteiger charge is -2.27. The molecule has 13 nitrogen and oxygen atoms in total. The van der Waals surface area contributed by atoms with Crippen molar-refractivity contribution in [3.63, 3.8) is 0 Å². The van der Waals surface area contributed by atoms with Gasteiger partial charge in [0, 0.05) is 6.42 Å². The van der Waals surface area contributed by atoms with Gasteiger partial charge in [-0.1, -0.05) is 30.3 Å². The van der Waals surface area contributed by atoms with Gasteiger partial charge in [0.25, 0.3) is 5.60 Å². The molecule has 0 aliphatic carbocycles. The van der Waals surface area contributed by atoms with E-state index in [1.54, 1.807) is 30.3 Å². The summed E-state index contributed by atoms with van der Waals surface area (Å²) in [4.78, 5) is 31.8. The molecule has 0 amide bonds. The van der Waals surface area contributed by atoms with E-state index >= 15 is 0 Å². The smallest absolute Gasteiger partial charge is 0.348 e. The van der Waals surface area contributed by atoms with E-state index in [2.05, 4.69) is 15.1 Å². The number of nitrogens with zero attached hydrogens (tertiary/aromatic N) is 4. The van der Waals surface area contributed by atoms with E-state index in [0.29, 0.717) is 5.56 Å². The Kier molecular flexibility index (Phi) is 5.95. The number of aliphatic hydroxyl groups excluding tert-OH is 2. The highest BCUT2D eigenvalue weighted by Crippen LogP contribution is 2.35. The maximum atomic E-state index is 12.0. The lowest BCUT2D eigenvalue weighted by atomic mass is 9.94. The number of aliphatic carboxylic acids is 2. The van der Waals surface area contributed by atoms with Gasteiger partial charge >= 0.3 is 11.9 Å². The molecule has 1 aromatic carbocycles. The standard InChI is InChI=1S/C20H21N5O8/c21-16-17-22-7-11(25(17)24-9-23-16)15-14(27)13(26)12(33-15)8-32-20(18(28)29,19(30)31)6-10-4-2-1-3-5-10/h1-5,7,9,12-15,26-27H,6,8H2,(H,28,29)(H,30,31)(H2,21,23,24)/t12-,13-,14-,15+/m1/s1. The van der Waals surface area contributed by atoms with Crippen molar-refractivity contribution >= 4 is 23.4 Å². The second-order valence-electron chi connectivity index (χ2n) is 7.55. The molecule has 0 spiro atoms. The van der Waals surface area contributed by atoms with Gasteiger partial charge in [-0.05, 0) is 5.56 Å². The zero-order valence-corrected chi connectivity index (χ0v) is 17.1. The number of imidazole rings is 1. The van der Waals surface area contributed by atoms with Gasteiger partial charge in [0.1, 0.15) is 30.7 Å². The third kappa shape index (κ3) is 3.98. The fourth-order valence-electron chi connectivity index (χ4n) is 3.70. The summed E-state index contributed by atoms with van der Waals surface area (Å²) in [5.41, 5.74) is 4.04. The minimum Gasteiger partial charge on any atom is -0.479 e. The molecule has 0 bridgehead atoms. The van der Waals surface area contributed by atoms with Crippen molar-refractivity contribution < 1.29 is 39.5 Å². The van der Waals surface area contributed by atoms with E-state index < -0.39 is 55.0 Å². The Balaban J connectivity index is 1.55. The topological polar surface area (TPSA) is 203 Å². The monoisotopic (exact) mass is 459 g/mol. The first-order valence-electron chi connectivity index (χ1n) is 9.85. The number of carboxylic acid groups (broad SMARTS) is 2. The maximum absolute atomic E-state index is 12.0. The van der Waals surface area contributed by atoms with E-state index in [4.69, 9.17) is 15.2 Å². The molecule has 1 aliphatic rings. The molecule has 6 N–H and O–H groups in total. The molecular weight excluding hydrogens is 438 g/mol. The zero-order valence-electron chi connectivity index (χ0n) is 17.1. The number of carboxylic acids is 2. The molecule has 0 saturated carbocycles. The van der Waals surface area contributed by atoms with E-state index in [0.717, 1.165) is 0 Å². The van der Waals surface area contributed by atoms with Crippen LogP contribution in [0.2, 0.25) is 0 Å². The van der Waals surface area contributed by atoms with Crippen LogP contribution in [0, 0.1) is 0 Å². The molecule has 4 rings (SSSR count). The highest BCUT2D eigenvalue weighted by Gasteiger charge is 2.51. The number of benzene rings is 1. The molecule has 0 radical (unpaired) electrons.